The van der Waals surface area contributed by atoms with E-state index in [-0.39, 0.29) is 11.6 Å². The Kier molecular flexibility index (Phi) is 5.89. The van der Waals surface area contributed by atoms with Gasteiger partial charge in [0.15, 0.2) is 23.2 Å². The molecule has 1 atom stereocenters. The van der Waals surface area contributed by atoms with E-state index in [1.165, 1.54) is 0 Å². The first-order valence-corrected chi connectivity index (χ1v) is 11.0. The Morgan fingerprint density at radius 1 is 1.17 bits per heavy atom. The van der Waals surface area contributed by atoms with E-state index in [1.807, 2.05) is 35.9 Å². The Hall–Kier alpha value is -3.92. The number of nitrogens with one attached hydrogen (secondary N) is 1. The van der Waals surface area contributed by atoms with Crippen LogP contribution in [0, 0.1) is 18.6 Å². The highest BCUT2D eigenvalue weighted by Crippen LogP contribution is 2.39. The molecule has 1 unspecified atom stereocenters. The van der Waals surface area contributed by atoms with Gasteiger partial charge in [-0.1, -0.05) is 11.6 Å². The zero-order valence-electron chi connectivity index (χ0n) is 19.1. The van der Waals surface area contributed by atoms with Crippen molar-refractivity contribution in [1.82, 2.24) is 19.5 Å². The second-order valence-electron chi connectivity index (χ2n) is 8.04. The van der Waals surface area contributed by atoms with Crippen LogP contribution >= 0.6 is 11.6 Å². The van der Waals surface area contributed by atoms with Crippen molar-refractivity contribution in [3.63, 3.8) is 0 Å². The van der Waals surface area contributed by atoms with E-state index in [0.29, 0.717) is 34.5 Å². The third-order valence-electron chi connectivity index (χ3n) is 5.76. The number of nitrogens with zero attached hydrogens (tertiary/aromatic N) is 5. The fourth-order valence-electron chi connectivity index (χ4n) is 3.95. The van der Waals surface area contributed by atoms with Crippen molar-refractivity contribution in [3.8, 4) is 17.2 Å². The maximum absolute atomic E-state index is 13.9. The molecule has 3 heterocycles. The van der Waals surface area contributed by atoms with Gasteiger partial charge in [0.1, 0.15) is 12.4 Å². The quantitative estimate of drug-likeness (QED) is 0.378. The van der Waals surface area contributed by atoms with Gasteiger partial charge in [-0.3, -0.25) is 0 Å². The molecular formula is C24H21ClF2N6O2. The minimum absolute atomic E-state index is 0.112. The Morgan fingerprint density at radius 3 is 2.71 bits per heavy atom. The first kappa shape index (κ1) is 22.9. The summed E-state index contributed by atoms with van der Waals surface area (Å²) >= 11 is 6.20. The lowest BCUT2D eigenvalue weighted by atomic mass is 10.0. The van der Waals surface area contributed by atoms with E-state index < -0.39 is 17.7 Å². The van der Waals surface area contributed by atoms with E-state index in [0.717, 1.165) is 23.5 Å². The molecule has 1 aliphatic rings. The highest BCUT2D eigenvalue weighted by Gasteiger charge is 2.30. The molecule has 0 saturated carbocycles. The van der Waals surface area contributed by atoms with Gasteiger partial charge in [-0.15, -0.1) is 0 Å². The van der Waals surface area contributed by atoms with Gasteiger partial charge >= 0.3 is 0 Å². The van der Waals surface area contributed by atoms with Crippen LogP contribution in [-0.2, 0) is 0 Å². The second-order valence-corrected chi connectivity index (χ2v) is 8.45. The van der Waals surface area contributed by atoms with Crippen LogP contribution in [-0.4, -0.2) is 40.3 Å². The van der Waals surface area contributed by atoms with Gasteiger partial charge in [-0.25, -0.2) is 18.7 Å². The molecule has 0 bridgehead atoms. The van der Waals surface area contributed by atoms with Crippen molar-refractivity contribution in [3.05, 3.63) is 77.0 Å². The number of benzene rings is 2. The number of anilines is 3. The predicted molar refractivity (Wildman–Crippen MR) is 128 cm³/mol. The van der Waals surface area contributed by atoms with E-state index in [9.17, 15) is 8.78 Å². The van der Waals surface area contributed by atoms with Crippen LogP contribution in [0.15, 0.2) is 49.1 Å². The largest absolute Gasteiger partial charge is 0.494 e. The Balaban J connectivity index is 1.42. The third kappa shape index (κ3) is 4.32. The van der Waals surface area contributed by atoms with Gasteiger partial charge in [-0.2, -0.15) is 4.98 Å². The second kappa shape index (κ2) is 9.03. The molecule has 0 spiro atoms. The molecule has 1 N–H and O–H groups in total. The molecule has 11 heteroatoms. The SMILES string of the molecule is COc1cc(Nc2ncc3c(n2)N(C)C(c2cc(F)c(F)cc2Cl)CO3)ccc1-n1cnc(C)c1. The maximum atomic E-state index is 13.9. The van der Waals surface area contributed by atoms with Crippen LogP contribution in [0.3, 0.4) is 0 Å². The van der Waals surface area contributed by atoms with Crippen molar-refractivity contribution in [2.45, 2.75) is 13.0 Å². The molecule has 2 aromatic heterocycles. The number of rotatable bonds is 5. The number of ether oxygens (including phenoxy) is 2. The lowest BCUT2D eigenvalue weighted by molar-refractivity contribution is 0.264. The maximum Gasteiger partial charge on any atom is 0.229 e. The first-order chi connectivity index (χ1) is 16.8. The van der Waals surface area contributed by atoms with Crippen molar-refractivity contribution in [2.75, 3.05) is 31.0 Å². The van der Waals surface area contributed by atoms with Gasteiger partial charge in [0, 0.05) is 30.0 Å². The standard InChI is InChI=1S/C24H21ClF2N6O2/c1-13-10-33(12-29-13)19-5-4-14(6-21(19)34-3)30-24-28-9-22-23(31-24)32(2)20(11-35-22)15-7-17(26)18(27)8-16(15)25/h4-10,12,20H,11H2,1-3H3,(H,28,30,31). The lowest BCUT2D eigenvalue weighted by Crippen LogP contribution is -2.34. The van der Waals surface area contributed by atoms with Gasteiger partial charge in [0.05, 0.1) is 37.1 Å². The normalized spacial score (nSPS) is 14.9. The molecule has 1 aliphatic heterocycles. The minimum atomic E-state index is -1.00. The molecule has 0 aliphatic carbocycles. The van der Waals surface area contributed by atoms with Crippen molar-refractivity contribution < 1.29 is 18.3 Å². The van der Waals surface area contributed by atoms with Crippen LogP contribution in [0.4, 0.5) is 26.2 Å². The number of fused-ring (bicyclic) bond motifs is 1. The van der Waals surface area contributed by atoms with Crippen LogP contribution in [0.25, 0.3) is 5.69 Å². The smallest absolute Gasteiger partial charge is 0.229 e. The molecule has 35 heavy (non-hydrogen) atoms. The number of halogens is 3. The number of hydrogen-bond donors (Lipinski definition) is 1. The summed E-state index contributed by atoms with van der Waals surface area (Å²) in [5, 5.41) is 3.28. The number of imidazole rings is 1. The first-order valence-electron chi connectivity index (χ1n) is 10.7. The fraction of sp³-hybridized carbons (Fsp3) is 0.208. The summed E-state index contributed by atoms with van der Waals surface area (Å²) in [6.45, 7) is 2.09. The zero-order chi connectivity index (χ0) is 24.7. The van der Waals surface area contributed by atoms with Crippen molar-refractivity contribution >= 4 is 29.1 Å². The van der Waals surface area contributed by atoms with E-state index in [1.54, 1.807) is 31.6 Å². The number of hydrogen-bond acceptors (Lipinski definition) is 7. The molecule has 5 rings (SSSR count). The lowest BCUT2D eigenvalue weighted by Gasteiger charge is -2.35. The molecule has 0 amide bonds. The molecule has 4 aromatic rings. The number of aryl methyl sites for hydroxylation is 1. The number of likely N-dealkylation sites (N-methyl/N-ethyl adjacent to an activating group) is 1. The summed E-state index contributed by atoms with van der Waals surface area (Å²) in [6.07, 6.45) is 5.19. The van der Waals surface area contributed by atoms with E-state index in [2.05, 4.69) is 20.3 Å². The molecular weight excluding hydrogens is 478 g/mol. The van der Waals surface area contributed by atoms with Crippen LogP contribution in [0.5, 0.6) is 11.5 Å². The molecule has 2 aromatic carbocycles. The minimum Gasteiger partial charge on any atom is -0.494 e. The van der Waals surface area contributed by atoms with Gasteiger partial charge in [-0.05, 0) is 36.8 Å². The molecule has 0 radical (unpaired) electrons. The Morgan fingerprint density at radius 2 is 1.97 bits per heavy atom. The average molecular weight is 499 g/mol. The summed E-state index contributed by atoms with van der Waals surface area (Å²) in [4.78, 5) is 15.0. The summed E-state index contributed by atoms with van der Waals surface area (Å²) in [5.41, 5.74) is 2.85. The van der Waals surface area contributed by atoms with E-state index >= 15 is 0 Å². The molecule has 0 fully saturated rings. The summed E-state index contributed by atoms with van der Waals surface area (Å²) < 4.78 is 40.7. The molecule has 0 saturated heterocycles. The van der Waals surface area contributed by atoms with Gasteiger partial charge in [0.25, 0.3) is 0 Å². The van der Waals surface area contributed by atoms with Crippen LogP contribution in [0.2, 0.25) is 5.02 Å². The molecule has 8 nitrogen and oxygen atoms in total. The highest BCUT2D eigenvalue weighted by molar-refractivity contribution is 6.31. The third-order valence-corrected chi connectivity index (χ3v) is 6.09. The highest BCUT2D eigenvalue weighted by atomic mass is 35.5. The monoisotopic (exact) mass is 498 g/mol. The van der Waals surface area contributed by atoms with Gasteiger partial charge < -0.3 is 24.3 Å². The van der Waals surface area contributed by atoms with Crippen molar-refractivity contribution in [2.24, 2.45) is 0 Å². The summed E-state index contributed by atoms with van der Waals surface area (Å²) in [5.74, 6) is -0.0642. The van der Waals surface area contributed by atoms with Crippen LogP contribution in [0.1, 0.15) is 17.3 Å². The summed E-state index contributed by atoms with van der Waals surface area (Å²) in [6, 6.07) is 7.19. The zero-order valence-corrected chi connectivity index (χ0v) is 19.8. The molecule has 180 valence electrons. The Bertz CT molecular complexity index is 1410. The summed E-state index contributed by atoms with van der Waals surface area (Å²) in [7, 11) is 3.38. The number of aromatic nitrogens is 4. The van der Waals surface area contributed by atoms with Crippen LogP contribution < -0.4 is 19.7 Å². The average Bonchev–Trinajstić information content (AvgIpc) is 3.28. The number of methoxy groups -OCH3 is 1. The Labute approximate surface area is 205 Å². The van der Waals surface area contributed by atoms with Crippen molar-refractivity contribution in [1.29, 1.82) is 0 Å². The topological polar surface area (TPSA) is 77.3 Å². The van der Waals surface area contributed by atoms with E-state index in [4.69, 9.17) is 21.1 Å². The fourth-order valence-corrected chi connectivity index (χ4v) is 4.22. The predicted octanol–water partition coefficient (Wildman–Crippen LogP) is 5.22. The van der Waals surface area contributed by atoms with Gasteiger partial charge in [0.2, 0.25) is 5.95 Å².